The van der Waals surface area contributed by atoms with Gasteiger partial charge in [0.05, 0.1) is 0 Å². The Labute approximate surface area is 228 Å². The molecule has 1 saturated carbocycles. The van der Waals surface area contributed by atoms with E-state index in [1.807, 2.05) is 48.5 Å². The minimum absolute atomic E-state index is 0.0406. The third-order valence-corrected chi connectivity index (χ3v) is 8.25. The highest BCUT2D eigenvalue weighted by Crippen LogP contribution is 2.23. The highest BCUT2D eigenvalue weighted by molar-refractivity contribution is 14.1. The number of nitrogens with zero attached hydrogens (tertiary/aromatic N) is 2. The zero-order valence-corrected chi connectivity index (χ0v) is 24.5. The number of aryl methyl sites for hydroxylation is 2. The topological polar surface area (TPSA) is 56.0 Å². The molecule has 0 aliphatic heterocycles. The molecule has 2 aromatic heterocycles. The number of hydrogen-bond acceptors (Lipinski definition) is 3. The molecule has 35 heavy (non-hydrogen) atoms. The SMILES string of the molecule is CN[C@H]1CCCC[C@@H]1C.Cn1ccc2c(Br)cccc2c1=O.Cn1ccc2c(I)cccc2c1=O. The van der Waals surface area contributed by atoms with E-state index in [-0.39, 0.29) is 11.1 Å². The van der Waals surface area contributed by atoms with Crippen molar-refractivity contribution in [3.8, 4) is 0 Å². The Morgan fingerprint density at radius 3 is 1.94 bits per heavy atom. The Morgan fingerprint density at radius 2 is 1.37 bits per heavy atom. The van der Waals surface area contributed by atoms with Gasteiger partial charge in [-0.15, -0.1) is 0 Å². The van der Waals surface area contributed by atoms with Crippen LogP contribution in [0, 0.1) is 9.49 Å². The average Bonchev–Trinajstić information content (AvgIpc) is 2.86. The van der Waals surface area contributed by atoms with Gasteiger partial charge in [-0.05, 0) is 84.8 Å². The van der Waals surface area contributed by atoms with Gasteiger partial charge in [0.15, 0.2) is 0 Å². The van der Waals surface area contributed by atoms with Crippen LogP contribution < -0.4 is 16.4 Å². The van der Waals surface area contributed by atoms with Gasteiger partial charge in [0, 0.05) is 62.1 Å². The van der Waals surface area contributed by atoms with E-state index in [4.69, 9.17) is 0 Å². The quantitative estimate of drug-likeness (QED) is 0.249. The van der Waals surface area contributed by atoms with Gasteiger partial charge >= 0.3 is 0 Å². The van der Waals surface area contributed by atoms with Crippen LogP contribution in [0.15, 0.2) is 75.0 Å². The molecule has 0 bridgehead atoms. The number of rotatable bonds is 1. The number of nitrogens with one attached hydrogen (secondary N) is 1. The lowest BCUT2D eigenvalue weighted by Crippen LogP contribution is -2.34. The second-order valence-corrected chi connectivity index (χ2v) is 11.0. The fourth-order valence-electron chi connectivity index (χ4n) is 4.42. The van der Waals surface area contributed by atoms with Crippen molar-refractivity contribution >= 4 is 60.1 Å². The Kier molecular flexibility index (Phi) is 10.1. The summed E-state index contributed by atoms with van der Waals surface area (Å²) in [5.41, 5.74) is 0.106. The Morgan fingerprint density at radius 1 is 0.829 bits per heavy atom. The molecular formula is C28H33BrIN3O2. The standard InChI is InChI=1S/C10H8BrNO.C10H8INO.C8H17N/c2*1-12-6-5-7-8(10(12)13)3-2-4-9(7)11;1-7-5-3-4-6-8(7)9-2/h2*2-6H,1H3;7-9H,3-6H2,1-2H3/t;;7-,8-/m..0/s1. The minimum Gasteiger partial charge on any atom is -0.318 e. The molecule has 0 unspecified atom stereocenters. The zero-order valence-electron chi connectivity index (χ0n) is 20.7. The summed E-state index contributed by atoms with van der Waals surface area (Å²) in [6, 6.07) is 16.1. The minimum atomic E-state index is 0.0406. The predicted octanol–water partition coefficient (Wildman–Crippen LogP) is 6.23. The van der Waals surface area contributed by atoms with Crippen molar-refractivity contribution in [3.63, 3.8) is 0 Å². The summed E-state index contributed by atoms with van der Waals surface area (Å²) in [5, 5.41) is 6.89. The van der Waals surface area contributed by atoms with Crippen molar-refractivity contribution < 1.29 is 0 Å². The summed E-state index contributed by atoms with van der Waals surface area (Å²) in [7, 11) is 5.59. The molecule has 0 amide bonds. The predicted molar refractivity (Wildman–Crippen MR) is 159 cm³/mol. The molecular weight excluding hydrogens is 617 g/mol. The molecule has 2 heterocycles. The third kappa shape index (κ3) is 6.83. The van der Waals surface area contributed by atoms with Crippen LogP contribution in [0.5, 0.6) is 0 Å². The van der Waals surface area contributed by atoms with Crippen LogP contribution in [-0.4, -0.2) is 22.2 Å². The maximum Gasteiger partial charge on any atom is 0.258 e. The molecule has 5 nitrogen and oxygen atoms in total. The van der Waals surface area contributed by atoms with E-state index in [1.165, 1.54) is 25.7 Å². The summed E-state index contributed by atoms with van der Waals surface area (Å²) in [6.45, 7) is 2.35. The maximum absolute atomic E-state index is 11.6. The molecule has 7 heteroatoms. The second kappa shape index (κ2) is 12.8. The van der Waals surface area contributed by atoms with Crippen LogP contribution in [0.2, 0.25) is 0 Å². The smallest absolute Gasteiger partial charge is 0.258 e. The molecule has 1 aliphatic carbocycles. The van der Waals surface area contributed by atoms with E-state index < -0.39 is 0 Å². The lowest BCUT2D eigenvalue weighted by Gasteiger charge is -2.27. The molecule has 1 fully saturated rings. The number of aromatic nitrogens is 2. The first-order chi connectivity index (χ1) is 16.7. The number of pyridine rings is 2. The first-order valence-electron chi connectivity index (χ1n) is 11.9. The van der Waals surface area contributed by atoms with E-state index in [1.54, 1.807) is 35.6 Å². The van der Waals surface area contributed by atoms with E-state index in [0.29, 0.717) is 0 Å². The Bertz CT molecular complexity index is 1320. The molecule has 2 atom stereocenters. The van der Waals surface area contributed by atoms with Gasteiger partial charge in [-0.3, -0.25) is 9.59 Å². The normalized spacial score (nSPS) is 17.3. The van der Waals surface area contributed by atoms with Gasteiger partial charge in [0.1, 0.15) is 0 Å². The van der Waals surface area contributed by atoms with Gasteiger partial charge in [-0.1, -0.05) is 47.8 Å². The average molecular weight is 650 g/mol. The number of fused-ring (bicyclic) bond motifs is 2. The molecule has 186 valence electrons. The van der Waals surface area contributed by atoms with Crippen molar-refractivity contribution in [1.82, 2.24) is 14.5 Å². The Balaban J connectivity index is 0.000000150. The van der Waals surface area contributed by atoms with Crippen LogP contribution in [0.3, 0.4) is 0 Å². The summed E-state index contributed by atoms with van der Waals surface area (Å²) in [5.74, 6) is 0.906. The highest BCUT2D eigenvalue weighted by Gasteiger charge is 2.18. The molecule has 0 radical (unpaired) electrons. The van der Waals surface area contributed by atoms with Crippen LogP contribution >= 0.6 is 38.5 Å². The van der Waals surface area contributed by atoms with Crippen LogP contribution in [0.1, 0.15) is 32.6 Å². The molecule has 1 N–H and O–H groups in total. The van der Waals surface area contributed by atoms with Gasteiger partial charge in [-0.2, -0.15) is 0 Å². The molecule has 2 aromatic carbocycles. The van der Waals surface area contributed by atoms with Crippen LogP contribution in [0.4, 0.5) is 0 Å². The lowest BCUT2D eigenvalue weighted by atomic mass is 9.86. The van der Waals surface area contributed by atoms with Gasteiger partial charge in [0.25, 0.3) is 11.1 Å². The van der Waals surface area contributed by atoms with E-state index in [0.717, 1.165) is 41.5 Å². The molecule has 4 aromatic rings. The third-order valence-electron chi connectivity index (χ3n) is 6.62. The van der Waals surface area contributed by atoms with E-state index in [2.05, 4.69) is 57.8 Å². The van der Waals surface area contributed by atoms with E-state index in [9.17, 15) is 9.59 Å². The summed E-state index contributed by atoms with van der Waals surface area (Å²) >= 11 is 5.65. The summed E-state index contributed by atoms with van der Waals surface area (Å²) in [6.07, 6.45) is 9.25. The first-order valence-corrected chi connectivity index (χ1v) is 13.8. The zero-order chi connectivity index (χ0) is 25.5. The van der Waals surface area contributed by atoms with Crippen molar-refractivity contribution in [3.05, 3.63) is 89.7 Å². The summed E-state index contributed by atoms with van der Waals surface area (Å²) in [4.78, 5) is 23.3. The van der Waals surface area contributed by atoms with E-state index >= 15 is 0 Å². The van der Waals surface area contributed by atoms with Gasteiger partial charge < -0.3 is 14.5 Å². The van der Waals surface area contributed by atoms with Gasteiger partial charge in [-0.25, -0.2) is 0 Å². The first kappa shape index (κ1) is 27.6. The fraction of sp³-hybridized carbons (Fsp3) is 0.357. The molecule has 0 spiro atoms. The number of halogens is 2. The molecule has 0 saturated heterocycles. The van der Waals surface area contributed by atoms with Crippen molar-refractivity contribution in [2.75, 3.05) is 7.05 Å². The maximum atomic E-state index is 11.6. The Hall–Kier alpha value is -1.97. The highest BCUT2D eigenvalue weighted by atomic mass is 127. The monoisotopic (exact) mass is 649 g/mol. The largest absolute Gasteiger partial charge is 0.318 e. The lowest BCUT2D eigenvalue weighted by molar-refractivity contribution is 0.294. The number of hydrogen-bond donors (Lipinski definition) is 1. The van der Waals surface area contributed by atoms with Crippen molar-refractivity contribution in [2.45, 2.75) is 38.6 Å². The van der Waals surface area contributed by atoms with Crippen LogP contribution in [0.25, 0.3) is 21.5 Å². The van der Waals surface area contributed by atoms with Crippen molar-refractivity contribution in [2.24, 2.45) is 20.0 Å². The van der Waals surface area contributed by atoms with Gasteiger partial charge in [0.2, 0.25) is 0 Å². The van der Waals surface area contributed by atoms with Crippen molar-refractivity contribution in [1.29, 1.82) is 0 Å². The second-order valence-electron chi connectivity index (χ2n) is 9.02. The summed E-state index contributed by atoms with van der Waals surface area (Å²) < 4.78 is 5.25. The molecule has 1 aliphatic rings. The fourth-order valence-corrected chi connectivity index (χ4v) is 5.60. The molecule has 5 rings (SSSR count). The number of benzene rings is 2. The van der Waals surface area contributed by atoms with Crippen LogP contribution in [-0.2, 0) is 14.1 Å².